The van der Waals surface area contributed by atoms with Crippen molar-refractivity contribution in [3.8, 4) is 0 Å². The Hall–Kier alpha value is -0.610. The molecule has 4 heteroatoms. The highest BCUT2D eigenvalue weighted by Crippen LogP contribution is 2.27. The second-order valence-electron chi connectivity index (χ2n) is 5.83. The monoisotopic (exact) mass is 254 g/mol. The van der Waals surface area contributed by atoms with Crippen molar-refractivity contribution in [2.24, 2.45) is 5.92 Å². The van der Waals surface area contributed by atoms with E-state index in [0.29, 0.717) is 24.9 Å². The predicted octanol–water partition coefficient (Wildman–Crippen LogP) is 1.14. The van der Waals surface area contributed by atoms with Crippen molar-refractivity contribution in [1.29, 1.82) is 0 Å². The first-order valence-corrected chi connectivity index (χ1v) is 7.37. The maximum atomic E-state index is 12.6. The number of carbonyl (C=O) groups excluding carboxylic acids is 1. The number of amides is 1. The summed E-state index contributed by atoms with van der Waals surface area (Å²) in [5.41, 5.74) is 0. The molecule has 2 rings (SSSR count). The summed E-state index contributed by atoms with van der Waals surface area (Å²) in [5.74, 6) is 0.904. The molecule has 1 saturated carbocycles. The van der Waals surface area contributed by atoms with Crippen molar-refractivity contribution >= 4 is 5.91 Å². The zero-order chi connectivity index (χ0) is 13.0. The molecule has 1 saturated heterocycles. The van der Waals surface area contributed by atoms with E-state index in [1.807, 2.05) is 4.90 Å². The fourth-order valence-corrected chi connectivity index (χ4v) is 2.91. The Kier molecular flexibility index (Phi) is 5.01. The Morgan fingerprint density at radius 1 is 1.39 bits per heavy atom. The summed E-state index contributed by atoms with van der Waals surface area (Å²) >= 11 is 0. The van der Waals surface area contributed by atoms with Gasteiger partial charge >= 0.3 is 0 Å². The van der Waals surface area contributed by atoms with Gasteiger partial charge in [-0.1, -0.05) is 6.92 Å². The molecule has 2 fully saturated rings. The fourth-order valence-electron chi connectivity index (χ4n) is 2.91. The molecule has 4 nitrogen and oxygen atoms in total. The SMILES string of the molecule is CC1CCNC(C(=O)N(CCCO)C2CCC2)C1. The van der Waals surface area contributed by atoms with E-state index in [9.17, 15) is 4.79 Å². The minimum absolute atomic E-state index is 0.00745. The van der Waals surface area contributed by atoms with E-state index < -0.39 is 0 Å². The van der Waals surface area contributed by atoms with E-state index >= 15 is 0 Å². The smallest absolute Gasteiger partial charge is 0.239 e. The van der Waals surface area contributed by atoms with E-state index in [0.717, 1.165) is 25.8 Å². The topological polar surface area (TPSA) is 52.6 Å². The lowest BCUT2D eigenvalue weighted by Gasteiger charge is -2.41. The molecule has 0 aromatic rings. The lowest BCUT2D eigenvalue weighted by Crippen LogP contribution is -2.54. The largest absolute Gasteiger partial charge is 0.396 e. The Bertz CT molecular complexity index is 279. The van der Waals surface area contributed by atoms with Crippen LogP contribution in [0, 0.1) is 5.92 Å². The average molecular weight is 254 g/mol. The van der Waals surface area contributed by atoms with Crippen molar-refractivity contribution < 1.29 is 9.90 Å². The summed E-state index contributed by atoms with van der Waals surface area (Å²) in [6.07, 6.45) is 6.34. The first-order valence-electron chi connectivity index (χ1n) is 7.37. The Labute approximate surface area is 110 Å². The maximum absolute atomic E-state index is 12.6. The fraction of sp³-hybridized carbons (Fsp3) is 0.929. The Morgan fingerprint density at radius 2 is 2.17 bits per heavy atom. The quantitative estimate of drug-likeness (QED) is 0.773. The van der Waals surface area contributed by atoms with Crippen LogP contribution in [0.2, 0.25) is 0 Å². The molecule has 2 aliphatic rings. The summed E-state index contributed by atoms with van der Waals surface area (Å²) in [5, 5.41) is 12.3. The highest BCUT2D eigenvalue weighted by Gasteiger charge is 2.34. The van der Waals surface area contributed by atoms with Crippen molar-refractivity contribution in [2.45, 2.75) is 57.5 Å². The zero-order valence-electron chi connectivity index (χ0n) is 11.4. The van der Waals surface area contributed by atoms with Gasteiger partial charge < -0.3 is 15.3 Å². The van der Waals surface area contributed by atoms with Gasteiger partial charge in [-0.2, -0.15) is 0 Å². The van der Waals surface area contributed by atoms with Crippen LogP contribution in [-0.2, 0) is 4.79 Å². The van der Waals surface area contributed by atoms with Crippen molar-refractivity contribution in [3.05, 3.63) is 0 Å². The van der Waals surface area contributed by atoms with Gasteiger partial charge in [-0.25, -0.2) is 0 Å². The number of rotatable bonds is 5. The van der Waals surface area contributed by atoms with Crippen LogP contribution in [0.4, 0.5) is 0 Å². The first kappa shape index (κ1) is 13.8. The number of hydrogen-bond donors (Lipinski definition) is 2. The molecule has 0 spiro atoms. The van der Waals surface area contributed by atoms with Crippen LogP contribution in [0.15, 0.2) is 0 Å². The third-order valence-electron chi connectivity index (χ3n) is 4.32. The van der Waals surface area contributed by atoms with Gasteiger partial charge in [0.15, 0.2) is 0 Å². The van der Waals surface area contributed by atoms with Crippen LogP contribution in [0.5, 0.6) is 0 Å². The second kappa shape index (κ2) is 6.53. The van der Waals surface area contributed by atoms with Crippen molar-refractivity contribution in [1.82, 2.24) is 10.2 Å². The second-order valence-corrected chi connectivity index (χ2v) is 5.83. The average Bonchev–Trinajstić information content (AvgIpc) is 2.31. The van der Waals surface area contributed by atoms with Gasteiger partial charge in [0.2, 0.25) is 5.91 Å². The van der Waals surface area contributed by atoms with Crippen LogP contribution >= 0.6 is 0 Å². The number of hydrogen-bond acceptors (Lipinski definition) is 3. The Morgan fingerprint density at radius 3 is 2.72 bits per heavy atom. The number of aliphatic hydroxyl groups excluding tert-OH is 1. The minimum Gasteiger partial charge on any atom is -0.396 e. The molecule has 2 N–H and O–H groups in total. The van der Waals surface area contributed by atoms with Gasteiger partial charge in [0.25, 0.3) is 0 Å². The number of aliphatic hydroxyl groups is 1. The van der Waals surface area contributed by atoms with Gasteiger partial charge in [0.1, 0.15) is 0 Å². The number of nitrogens with one attached hydrogen (secondary N) is 1. The van der Waals surface area contributed by atoms with Crippen molar-refractivity contribution in [2.75, 3.05) is 19.7 Å². The molecular weight excluding hydrogens is 228 g/mol. The zero-order valence-corrected chi connectivity index (χ0v) is 11.4. The molecule has 18 heavy (non-hydrogen) atoms. The summed E-state index contributed by atoms with van der Waals surface area (Å²) in [6, 6.07) is 0.441. The maximum Gasteiger partial charge on any atom is 0.239 e. The van der Waals surface area contributed by atoms with Crippen LogP contribution in [0.3, 0.4) is 0 Å². The van der Waals surface area contributed by atoms with Gasteiger partial charge in [0, 0.05) is 19.2 Å². The van der Waals surface area contributed by atoms with Gasteiger partial charge in [0.05, 0.1) is 6.04 Å². The molecule has 1 aliphatic heterocycles. The molecule has 2 unspecified atom stereocenters. The van der Waals surface area contributed by atoms with E-state index in [1.54, 1.807) is 0 Å². The van der Waals surface area contributed by atoms with Gasteiger partial charge in [-0.05, 0) is 51.0 Å². The van der Waals surface area contributed by atoms with Crippen LogP contribution in [0.1, 0.15) is 45.4 Å². The summed E-state index contributed by atoms with van der Waals surface area (Å²) in [7, 11) is 0. The molecule has 1 aliphatic carbocycles. The molecule has 0 aromatic heterocycles. The van der Waals surface area contributed by atoms with Crippen LogP contribution in [-0.4, -0.2) is 47.7 Å². The van der Waals surface area contributed by atoms with Crippen LogP contribution < -0.4 is 5.32 Å². The standard InChI is InChI=1S/C14H26N2O2/c1-11-6-7-15-13(10-11)14(18)16(8-3-9-17)12-4-2-5-12/h11-13,15,17H,2-10H2,1H3. The molecule has 104 valence electrons. The van der Waals surface area contributed by atoms with Gasteiger partial charge in [-0.3, -0.25) is 4.79 Å². The van der Waals surface area contributed by atoms with E-state index in [-0.39, 0.29) is 18.6 Å². The molecule has 1 heterocycles. The summed E-state index contributed by atoms with van der Waals surface area (Å²) < 4.78 is 0. The molecule has 0 bridgehead atoms. The number of carbonyl (C=O) groups is 1. The molecular formula is C14H26N2O2. The van der Waals surface area contributed by atoms with E-state index in [4.69, 9.17) is 5.11 Å². The summed E-state index contributed by atoms with van der Waals surface area (Å²) in [4.78, 5) is 14.6. The predicted molar refractivity (Wildman–Crippen MR) is 71.2 cm³/mol. The van der Waals surface area contributed by atoms with Crippen molar-refractivity contribution in [3.63, 3.8) is 0 Å². The first-order chi connectivity index (χ1) is 8.72. The van der Waals surface area contributed by atoms with E-state index in [2.05, 4.69) is 12.2 Å². The molecule has 0 aromatic carbocycles. The summed E-state index contributed by atoms with van der Waals surface area (Å²) in [6.45, 7) is 4.07. The molecule has 2 atom stereocenters. The third-order valence-corrected chi connectivity index (χ3v) is 4.32. The minimum atomic E-state index is 0.00745. The van der Waals surface area contributed by atoms with Crippen LogP contribution in [0.25, 0.3) is 0 Å². The molecule has 0 radical (unpaired) electrons. The third kappa shape index (κ3) is 3.23. The normalized spacial score (nSPS) is 28.8. The number of nitrogens with zero attached hydrogens (tertiary/aromatic N) is 1. The van der Waals surface area contributed by atoms with Gasteiger partial charge in [-0.15, -0.1) is 0 Å². The lowest BCUT2D eigenvalue weighted by molar-refractivity contribution is -0.138. The Balaban J connectivity index is 1.93. The van der Waals surface area contributed by atoms with E-state index in [1.165, 1.54) is 12.8 Å². The highest BCUT2D eigenvalue weighted by molar-refractivity contribution is 5.82. The highest BCUT2D eigenvalue weighted by atomic mass is 16.3. The molecule has 1 amide bonds. The lowest BCUT2D eigenvalue weighted by atomic mass is 9.89. The number of piperidine rings is 1.